The van der Waals surface area contributed by atoms with Crippen molar-refractivity contribution >= 4 is 5.69 Å². The number of benzene rings is 2. The maximum Gasteiger partial charge on any atom is 0.223 e. The summed E-state index contributed by atoms with van der Waals surface area (Å²) in [6.45, 7) is 6.88. The summed E-state index contributed by atoms with van der Waals surface area (Å²) in [6, 6.07) is 20.7. The molecule has 33 heavy (non-hydrogen) atoms. The first-order chi connectivity index (χ1) is 16.1. The quantitative estimate of drug-likeness (QED) is 0.656. The Bertz CT molecular complexity index is 1170. The molecule has 0 radical (unpaired) electrons. The lowest BCUT2D eigenvalue weighted by atomic mass is 10.00. The first-order valence-electron chi connectivity index (χ1n) is 11.8. The van der Waals surface area contributed by atoms with Gasteiger partial charge in [-0.2, -0.15) is 0 Å². The van der Waals surface area contributed by atoms with Crippen LogP contribution in [0, 0.1) is 0 Å². The zero-order valence-corrected chi connectivity index (χ0v) is 19.3. The van der Waals surface area contributed by atoms with E-state index in [1.54, 1.807) is 6.07 Å². The minimum Gasteiger partial charge on any atom is -0.503 e. The summed E-state index contributed by atoms with van der Waals surface area (Å²) in [4.78, 5) is 19.7. The zero-order chi connectivity index (χ0) is 22.8. The third kappa shape index (κ3) is 4.68. The SMILES string of the molecule is Cn1c(CN2CCN(c3ccccc3)CC2)cc(=O)c(O)c1CN1CCc2ccccc2C1. The fraction of sp³-hybridized carbons (Fsp3) is 0.370. The summed E-state index contributed by atoms with van der Waals surface area (Å²) >= 11 is 0. The van der Waals surface area contributed by atoms with Crippen molar-refractivity contribution in [3.05, 3.63) is 93.4 Å². The molecule has 0 aliphatic carbocycles. The second-order valence-electron chi connectivity index (χ2n) is 9.18. The Kier molecular flexibility index (Phi) is 6.20. The van der Waals surface area contributed by atoms with Crippen LogP contribution >= 0.6 is 0 Å². The monoisotopic (exact) mass is 444 g/mol. The van der Waals surface area contributed by atoms with E-state index in [1.165, 1.54) is 16.8 Å². The lowest BCUT2D eigenvalue weighted by Gasteiger charge is -2.36. The van der Waals surface area contributed by atoms with Crippen LogP contribution in [0.1, 0.15) is 22.5 Å². The van der Waals surface area contributed by atoms with E-state index in [4.69, 9.17) is 0 Å². The Morgan fingerprint density at radius 2 is 1.52 bits per heavy atom. The molecule has 0 saturated carbocycles. The Hall–Kier alpha value is -3.09. The average Bonchev–Trinajstić information content (AvgIpc) is 2.86. The molecule has 0 amide bonds. The van der Waals surface area contributed by atoms with Gasteiger partial charge in [-0.1, -0.05) is 42.5 Å². The van der Waals surface area contributed by atoms with Gasteiger partial charge in [-0.3, -0.25) is 14.6 Å². The van der Waals surface area contributed by atoms with Crippen molar-refractivity contribution in [2.75, 3.05) is 37.6 Å². The molecule has 1 N–H and O–H groups in total. The van der Waals surface area contributed by atoms with Gasteiger partial charge in [-0.15, -0.1) is 0 Å². The smallest absolute Gasteiger partial charge is 0.223 e. The van der Waals surface area contributed by atoms with Gasteiger partial charge >= 0.3 is 0 Å². The number of anilines is 1. The second kappa shape index (κ2) is 9.41. The summed E-state index contributed by atoms with van der Waals surface area (Å²) in [6.07, 6.45) is 0.996. The van der Waals surface area contributed by atoms with Gasteiger partial charge in [0, 0.05) is 76.9 Å². The number of aromatic nitrogens is 1. The van der Waals surface area contributed by atoms with Crippen LogP contribution in [0.4, 0.5) is 5.69 Å². The molecule has 2 aromatic carbocycles. The van der Waals surface area contributed by atoms with E-state index in [-0.39, 0.29) is 11.2 Å². The van der Waals surface area contributed by atoms with E-state index in [1.807, 2.05) is 17.7 Å². The minimum absolute atomic E-state index is 0.117. The molecule has 0 unspecified atom stereocenters. The highest BCUT2D eigenvalue weighted by molar-refractivity contribution is 5.46. The van der Waals surface area contributed by atoms with Gasteiger partial charge in [0.05, 0.1) is 5.69 Å². The molecular formula is C27H32N4O2. The van der Waals surface area contributed by atoms with Gasteiger partial charge in [0.1, 0.15) is 0 Å². The number of para-hydroxylation sites is 1. The van der Waals surface area contributed by atoms with Crippen molar-refractivity contribution in [3.63, 3.8) is 0 Å². The van der Waals surface area contributed by atoms with Crippen LogP contribution in [0.2, 0.25) is 0 Å². The molecule has 0 atom stereocenters. The topological polar surface area (TPSA) is 52.0 Å². The Morgan fingerprint density at radius 1 is 0.818 bits per heavy atom. The van der Waals surface area contributed by atoms with Gasteiger partial charge in [-0.25, -0.2) is 0 Å². The van der Waals surface area contributed by atoms with E-state index in [9.17, 15) is 9.90 Å². The fourth-order valence-electron chi connectivity index (χ4n) is 5.06. The molecule has 2 aliphatic heterocycles. The van der Waals surface area contributed by atoms with Crippen LogP contribution in [0.15, 0.2) is 65.5 Å². The number of fused-ring (bicyclic) bond motifs is 1. The summed E-state index contributed by atoms with van der Waals surface area (Å²) < 4.78 is 2.03. The summed E-state index contributed by atoms with van der Waals surface area (Å²) in [5.41, 5.74) is 5.38. The van der Waals surface area contributed by atoms with Crippen molar-refractivity contribution in [1.82, 2.24) is 14.4 Å². The third-order valence-electron chi connectivity index (χ3n) is 7.10. The predicted molar refractivity (Wildman–Crippen MR) is 132 cm³/mol. The van der Waals surface area contributed by atoms with E-state index in [0.29, 0.717) is 18.8 Å². The molecule has 6 nitrogen and oxygen atoms in total. The number of rotatable bonds is 5. The first kappa shape index (κ1) is 21.7. The molecular weight excluding hydrogens is 412 g/mol. The van der Waals surface area contributed by atoms with E-state index in [2.05, 4.69) is 63.2 Å². The molecule has 3 aromatic rings. The Labute approximate surface area is 195 Å². The Balaban J connectivity index is 1.28. The van der Waals surface area contributed by atoms with Crippen LogP contribution in [0.3, 0.4) is 0 Å². The van der Waals surface area contributed by atoms with Crippen LogP contribution in [-0.2, 0) is 33.1 Å². The number of pyridine rings is 1. The molecule has 5 rings (SSSR count). The number of hydrogen-bond donors (Lipinski definition) is 1. The highest BCUT2D eigenvalue weighted by Gasteiger charge is 2.22. The highest BCUT2D eigenvalue weighted by atomic mass is 16.3. The van der Waals surface area contributed by atoms with Crippen LogP contribution < -0.4 is 10.3 Å². The van der Waals surface area contributed by atoms with Gasteiger partial charge in [-0.05, 0) is 29.7 Å². The van der Waals surface area contributed by atoms with E-state index >= 15 is 0 Å². The van der Waals surface area contributed by atoms with Gasteiger partial charge in [0.15, 0.2) is 5.75 Å². The van der Waals surface area contributed by atoms with Crippen LogP contribution in [0.25, 0.3) is 0 Å². The van der Waals surface area contributed by atoms with Crippen LogP contribution in [-0.4, -0.2) is 52.2 Å². The first-order valence-corrected chi connectivity index (χ1v) is 11.8. The van der Waals surface area contributed by atoms with Crippen LogP contribution in [0.5, 0.6) is 5.75 Å². The number of hydrogen-bond acceptors (Lipinski definition) is 5. The molecule has 2 aliphatic rings. The lowest BCUT2D eigenvalue weighted by Crippen LogP contribution is -2.46. The van der Waals surface area contributed by atoms with E-state index < -0.39 is 0 Å². The second-order valence-corrected chi connectivity index (χ2v) is 9.18. The standard InChI is InChI=1S/C27H32N4O2/c1-28-24(19-29-13-15-31(16-14-29)23-9-3-2-4-10-23)17-26(32)27(33)25(28)20-30-12-11-21-7-5-6-8-22(21)18-30/h2-10,17,33H,11-16,18-20H2,1H3. The molecule has 1 fully saturated rings. The van der Waals surface area contributed by atoms with Crippen molar-refractivity contribution in [2.45, 2.75) is 26.1 Å². The maximum atomic E-state index is 12.6. The summed E-state index contributed by atoms with van der Waals surface area (Å²) in [5, 5.41) is 10.6. The van der Waals surface area contributed by atoms with E-state index in [0.717, 1.165) is 51.4 Å². The van der Waals surface area contributed by atoms with Crippen molar-refractivity contribution in [2.24, 2.45) is 7.05 Å². The molecule has 0 bridgehead atoms. The summed E-state index contributed by atoms with van der Waals surface area (Å²) in [5.74, 6) is -0.117. The molecule has 6 heteroatoms. The molecule has 1 saturated heterocycles. The predicted octanol–water partition coefficient (Wildman–Crippen LogP) is 2.97. The highest BCUT2D eigenvalue weighted by Crippen LogP contribution is 2.23. The fourth-order valence-corrected chi connectivity index (χ4v) is 5.06. The number of piperazine rings is 1. The maximum absolute atomic E-state index is 12.6. The zero-order valence-electron chi connectivity index (χ0n) is 19.3. The van der Waals surface area contributed by atoms with Crippen molar-refractivity contribution in [3.8, 4) is 5.75 Å². The van der Waals surface area contributed by atoms with Gasteiger partial charge in [0.25, 0.3) is 0 Å². The molecule has 1 aromatic heterocycles. The number of nitrogens with zero attached hydrogens (tertiary/aromatic N) is 4. The molecule has 3 heterocycles. The third-order valence-corrected chi connectivity index (χ3v) is 7.10. The molecule has 0 spiro atoms. The molecule has 172 valence electrons. The Morgan fingerprint density at radius 3 is 2.27 bits per heavy atom. The minimum atomic E-state index is -0.279. The normalized spacial score (nSPS) is 17.2. The lowest BCUT2D eigenvalue weighted by molar-refractivity contribution is 0.228. The number of aromatic hydroxyl groups is 1. The van der Waals surface area contributed by atoms with Crippen molar-refractivity contribution < 1.29 is 5.11 Å². The largest absolute Gasteiger partial charge is 0.503 e. The van der Waals surface area contributed by atoms with Gasteiger partial charge in [0.2, 0.25) is 5.43 Å². The summed E-state index contributed by atoms with van der Waals surface area (Å²) in [7, 11) is 1.97. The average molecular weight is 445 g/mol. The van der Waals surface area contributed by atoms with Crippen molar-refractivity contribution in [1.29, 1.82) is 0 Å². The van der Waals surface area contributed by atoms with Gasteiger partial charge < -0.3 is 14.6 Å².